The van der Waals surface area contributed by atoms with E-state index in [4.69, 9.17) is 0 Å². The van der Waals surface area contributed by atoms with Gasteiger partial charge in [0.15, 0.2) is 9.84 Å². The van der Waals surface area contributed by atoms with E-state index >= 15 is 0 Å². The van der Waals surface area contributed by atoms with Crippen molar-refractivity contribution in [3.05, 3.63) is 99.3 Å². The van der Waals surface area contributed by atoms with Crippen molar-refractivity contribution in [2.24, 2.45) is 0 Å². The molecule has 2 aromatic heterocycles. The van der Waals surface area contributed by atoms with Gasteiger partial charge in [0.1, 0.15) is 23.3 Å². The molecule has 0 amide bonds. The van der Waals surface area contributed by atoms with Gasteiger partial charge < -0.3 is 4.57 Å². The number of sulfone groups is 1. The molecule has 0 saturated carbocycles. The van der Waals surface area contributed by atoms with Gasteiger partial charge in [-0.2, -0.15) is 18.4 Å². The Hall–Kier alpha value is -3.82. The lowest BCUT2D eigenvalue weighted by atomic mass is 10.1. The molecule has 0 unspecified atom stereocenters. The van der Waals surface area contributed by atoms with Gasteiger partial charge in [0.05, 0.1) is 33.3 Å². The SMILES string of the molecule is CCS(=O)(=O)c1cccc(-c2ccc(-c3cc(C(F)(F)F)c(C#N)c(=O)n3Cc3ccc(F)cc3F)s2)c1. The van der Waals surface area contributed by atoms with Crippen molar-refractivity contribution in [3.63, 3.8) is 0 Å². The minimum absolute atomic E-state index is 0.0777. The Labute approximate surface area is 218 Å². The van der Waals surface area contributed by atoms with Crippen LogP contribution in [0.3, 0.4) is 0 Å². The first-order valence-corrected chi connectivity index (χ1v) is 13.4. The molecule has 0 saturated heterocycles. The van der Waals surface area contributed by atoms with Crippen LogP contribution in [0.4, 0.5) is 22.0 Å². The smallest absolute Gasteiger partial charge is 0.302 e. The quantitative estimate of drug-likeness (QED) is 0.259. The standard InChI is InChI=1S/C26H17F5N2O3S2/c1-2-38(35,36)18-5-3-4-15(10-18)23-8-9-24(37-23)22-12-20(26(29,30)31)19(13-32)25(34)33(22)14-16-6-7-17(27)11-21(16)28/h3-12H,2,14H2,1H3. The van der Waals surface area contributed by atoms with E-state index in [0.29, 0.717) is 22.6 Å². The summed E-state index contributed by atoms with van der Waals surface area (Å²) in [6.07, 6.45) is -5.03. The lowest BCUT2D eigenvalue weighted by Gasteiger charge is -2.17. The summed E-state index contributed by atoms with van der Waals surface area (Å²) in [4.78, 5) is 13.8. The summed E-state index contributed by atoms with van der Waals surface area (Å²) in [6, 6.07) is 13.6. The van der Waals surface area contributed by atoms with E-state index in [2.05, 4.69) is 0 Å². The van der Waals surface area contributed by atoms with Crippen molar-refractivity contribution in [2.75, 3.05) is 5.75 Å². The first-order valence-electron chi connectivity index (χ1n) is 11.0. The number of nitrogens with zero attached hydrogens (tertiary/aromatic N) is 2. The van der Waals surface area contributed by atoms with E-state index in [1.54, 1.807) is 12.1 Å². The molecule has 0 aliphatic rings. The Bertz CT molecular complexity index is 1750. The second kappa shape index (κ2) is 10.2. The number of hydrogen-bond donors (Lipinski definition) is 0. The number of thiophene rings is 1. The summed E-state index contributed by atoms with van der Waals surface area (Å²) in [5.74, 6) is -2.01. The third-order valence-electron chi connectivity index (χ3n) is 5.78. The molecule has 196 valence electrons. The van der Waals surface area contributed by atoms with Gasteiger partial charge in [-0.15, -0.1) is 11.3 Å². The zero-order chi connectivity index (χ0) is 27.8. The number of aromatic nitrogens is 1. The van der Waals surface area contributed by atoms with Crippen LogP contribution in [0.25, 0.3) is 21.0 Å². The maximum Gasteiger partial charge on any atom is 0.417 e. The normalized spacial score (nSPS) is 11.9. The number of halogens is 5. The van der Waals surface area contributed by atoms with E-state index in [1.165, 1.54) is 37.3 Å². The van der Waals surface area contributed by atoms with Gasteiger partial charge in [0.2, 0.25) is 0 Å². The third kappa shape index (κ3) is 5.25. The highest BCUT2D eigenvalue weighted by Crippen LogP contribution is 2.38. The van der Waals surface area contributed by atoms with Crippen LogP contribution in [0, 0.1) is 23.0 Å². The molecule has 0 aliphatic carbocycles. The molecule has 0 bridgehead atoms. The minimum atomic E-state index is -5.03. The highest BCUT2D eigenvalue weighted by atomic mass is 32.2. The second-order valence-corrected chi connectivity index (χ2v) is 11.5. The van der Waals surface area contributed by atoms with Crippen LogP contribution in [0.2, 0.25) is 0 Å². The van der Waals surface area contributed by atoms with Crippen molar-refractivity contribution in [3.8, 4) is 27.1 Å². The third-order valence-corrected chi connectivity index (χ3v) is 8.67. The van der Waals surface area contributed by atoms with Crippen LogP contribution in [0.15, 0.2) is 70.4 Å². The number of benzene rings is 2. The summed E-state index contributed by atoms with van der Waals surface area (Å²) < 4.78 is 94.5. The summed E-state index contributed by atoms with van der Waals surface area (Å²) in [7, 11) is -3.52. The number of rotatable bonds is 6. The average molecular weight is 565 g/mol. The van der Waals surface area contributed by atoms with Crippen molar-refractivity contribution in [1.29, 1.82) is 5.26 Å². The zero-order valence-electron chi connectivity index (χ0n) is 19.5. The average Bonchev–Trinajstić information content (AvgIpc) is 3.36. The lowest BCUT2D eigenvalue weighted by molar-refractivity contribution is -0.137. The van der Waals surface area contributed by atoms with Crippen molar-refractivity contribution < 1.29 is 30.4 Å². The molecule has 2 aromatic carbocycles. The minimum Gasteiger partial charge on any atom is -0.302 e. The van der Waals surface area contributed by atoms with Gasteiger partial charge >= 0.3 is 6.18 Å². The van der Waals surface area contributed by atoms with Gasteiger partial charge in [-0.1, -0.05) is 25.1 Å². The van der Waals surface area contributed by atoms with Crippen LogP contribution in [-0.2, 0) is 22.6 Å². The van der Waals surface area contributed by atoms with Gasteiger partial charge in [-0.25, -0.2) is 17.2 Å². The van der Waals surface area contributed by atoms with Crippen LogP contribution < -0.4 is 5.56 Å². The van der Waals surface area contributed by atoms with Gasteiger partial charge in [-0.05, 0) is 42.0 Å². The fraction of sp³-hybridized carbons (Fsp3) is 0.154. The molecule has 0 fully saturated rings. The Morgan fingerprint density at radius 2 is 1.71 bits per heavy atom. The van der Waals surface area contributed by atoms with Gasteiger partial charge in [0, 0.05) is 16.5 Å². The fourth-order valence-corrected chi connectivity index (χ4v) is 5.75. The Kier molecular flexibility index (Phi) is 7.27. The predicted molar refractivity (Wildman–Crippen MR) is 132 cm³/mol. The molecule has 4 rings (SSSR count). The molecular weight excluding hydrogens is 547 g/mol. The maximum absolute atomic E-state index is 14.4. The maximum atomic E-state index is 14.4. The van der Waals surface area contributed by atoms with E-state index < -0.39 is 50.9 Å². The van der Waals surface area contributed by atoms with E-state index in [0.717, 1.165) is 28.0 Å². The molecule has 0 N–H and O–H groups in total. The van der Waals surface area contributed by atoms with E-state index in [-0.39, 0.29) is 26.8 Å². The molecule has 38 heavy (non-hydrogen) atoms. The topological polar surface area (TPSA) is 79.9 Å². The first kappa shape index (κ1) is 27.2. The highest BCUT2D eigenvalue weighted by Gasteiger charge is 2.37. The molecule has 5 nitrogen and oxygen atoms in total. The largest absolute Gasteiger partial charge is 0.417 e. The van der Waals surface area contributed by atoms with Crippen molar-refractivity contribution in [2.45, 2.75) is 24.5 Å². The zero-order valence-corrected chi connectivity index (χ0v) is 21.1. The van der Waals surface area contributed by atoms with Crippen molar-refractivity contribution in [1.82, 2.24) is 4.57 Å². The number of nitriles is 1. The first-order chi connectivity index (χ1) is 17.9. The fourth-order valence-electron chi connectivity index (χ4n) is 3.80. The highest BCUT2D eigenvalue weighted by molar-refractivity contribution is 7.91. The van der Waals surface area contributed by atoms with Crippen LogP contribution in [0.1, 0.15) is 23.6 Å². The monoisotopic (exact) mass is 564 g/mol. The summed E-state index contributed by atoms with van der Waals surface area (Å²) in [5.41, 5.74) is -3.81. The van der Waals surface area contributed by atoms with E-state index in [9.17, 15) is 40.4 Å². The number of pyridine rings is 1. The molecule has 0 aliphatic heterocycles. The Morgan fingerprint density at radius 1 is 1.00 bits per heavy atom. The van der Waals surface area contributed by atoms with Crippen LogP contribution in [0.5, 0.6) is 0 Å². The molecule has 4 aromatic rings. The molecule has 0 atom stereocenters. The summed E-state index contributed by atoms with van der Waals surface area (Å²) in [5, 5.41) is 9.34. The molecule has 2 heterocycles. The van der Waals surface area contributed by atoms with Crippen LogP contribution >= 0.6 is 11.3 Å². The van der Waals surface area contributed by atoms with Gasteiger partial charge in [0.25, 0.3) is 5.56 Å². The summed E-state index contributed by atoms with van der Waals surface area (Å²) in [6.45, 7) is 0.933. The Morgan fingerprint density at radius 3 is 2.34 bits per heavy atom. The molecule has 0 spiro atoms. The number of hydrogen-bond acceptors (Lipinski definition) is 5. The summed E-state index contributed by atoms with van der Waals surface area (Å²) >= 11 is 0.980. The lowest BCUT2D eigenvalue weighted by Crippen LogP contribution is -2.28. The molecular formula is C26H17F5N2O3S2. The van der Waals surface area contributed by atoms with Gasteiger partial charge in [-0.3, -0.25) is 4.79 Å². The molecule has 12 heteroatoms. The molecule has 0 radical (unpaired) electrons. The number of alkyl halides is 3. The van der Waals surface area contributed by atoms with Crippen LogP contribution in [-0.4, -0.2) is 18.7 Å². The van der Waals surface area contributed by atoms with Crippen molar-refractivity contribution >= 4 is 21.2 Å². The Balaban J connectivity index is 1.92. The second-order valence-electron chi connectivity index (χ2n) is 8.15. The predicted octanol–water partition coefficient (Wildman–Crippen LogP) is 6.25. The van der Waals surface area contributed by atoms with E-state index in [1.807, 2.05) is 0 Å².